The van der Waals surface area contributed by atoms with Crippen LogP contribution in [0.4, 0.5) is 0 Å². The smallest absolute Gasteiger partial charge is 0.456 e. The highest BCUT2D eigenvalue weighted by atomic mass is 31.2. The van der Waals surface area contributed by atoms with Gasteiger partial charge in [0.05, 0.1) is 33.8 Å². The minimum atomic E-state index is -4.47. The number of esters is 1. The molecule has 0 spiro atoms. The van der Waals surface area contributed by atoms with Gasteiger partial charge in [-0.05, 0) is 102 Å². The van der Waals surface area contributed by atoms with E-state index < -0.39 is 20.0 Å². The summed E-state index contributed by atoms with van der Waals surface area (Å²) in [6.07, 6.45) is 76.8. The molecular formula is C67H118N2O7P+. The topological polar surface area (TPSA) is 111 Å². The van der Waals surface area contributed by atoms with Crippen LogP contribution in [0.1, 0.15) is 252 Å². The molecule has 0 aromatic carbocycles. The molecule has 2 N–H and O–H groups in total. The molecule has 0 fully saturated rings. The number of amides is 1. The third-order valence-corrected chi connectivity index (χ3v) is 14.2. The first kappa shape index (κ1) is 73.7. The molecule has 0 aromatic heterocycles. The summed E-state index contributed by atoms with van der Waals surface area (Å²) >= 11 is 0. The van der Waals surface area contributed by atoms with Crippen LogP contribution >= 0.6 is 7.82 Å². The highest BCUT2D eigenvalue weighted by Gasteiger charge is 2.30. The van der Waals surface area contributed by atoms with Crippen LogP contribution in [0.15, 0.2) is 109 Å². The van der Waals surface area contributed by atoms with E-state index in [0.717, 1.165) is 103 Å². The minimum absolute atomic E-state index is 0.0248. The van der Waals surface area contributed by atoms with Crippen molar-refractivity contribution in [3.05, 3.63) is 109 Å². The Morgan fingerprint density at radius 3 is 1.27 bits per heavy atom. The minimum Gasteiger partial charge on any atom is -0.456 e. The summed E-state index contributed by atoms with van der Waals surface area (Å²) in [5.74, 6) is -0.599. The molecule has 0 radical (unpaired) electrons. The molecule has 0 aliphatic carbocycles. The number of hydrogen-bond donors (Lipinski definition) is 2. The Balaban J connectivity index is 5.15. The van der Waals surface area contributed by atoms with E-state index in [4.69, 9.17) is 13.8 Å². The summed E-state index contributed by atoms with van der Waals surface area (Å²) in [5, 5.41) is 3.00. The number of unbranched alkanes of at least 4 members (excludes halogenated alkanes) is 23. The highest BCUT2D eigenvalue weighted by molar-refractivity contribution is 7.47. The molecule has 0 aliphatic heterocycles. The summed E-state index contributed by atoms with van der Waals surface area (Å²) in [5.41, 5.74) is 0. The number of quaternary nitrogens is 1. The monoisotopic (exact) mass is 1090 g/mol. The van der Waals surface area contributed by atoms with Crippen LogP contribution in [-0.4, -0.2) is 74.3 Å². The lowest BCUT2D eigenvalue weighted by molar-refractivity contribution is -0.870. The molecule has 3 atom stereocenters. The number of nitrogens with one attached hydrogen (secondary N) is 1. The molecule has 3 unspecified atom stereocenters. The number of hydrogen-bond acceptors (Lipinski definition) is 6. The number of carbonyl (C=O) groups excluding carboxylic acids is 2. The van der Waals surface area contributed by atoms with Crippen molar-refractivity contribution >= 4 is 19.7 Å². The normalized spacial score (nSPS) is 14.4. The van der Waals surface area contributed by atoms with E-state index in [2.05, 4.69) is 117 Å². The number of ether oxygens (including phenoxy) is 1. The third kappa shape index (κ3) is 57.2. The Morgan fingerprint density at radius 2 is 0.844 bits per heavy atom. The van der Waals surface area contributed by atoms with Gasteiger partial charge in [-0.15, -0.1) is 0 Å². The highest BCUT2D eigenvalue weighted by Crippen LogP contribution is 2.43. The lowest BCUT2D eigenvalue weighted by atomic mass is 10.1. The number of allylic oxidation sites excluding steroid dienone is 17. The van der Waals surface area contributed by atoms with Crippen molar-refractivity contribution in [3.8, 4) is 0 Å². The Kier molecular flexibility index (Phi) is 53.5. The molecule has 442 valence electrons. The van der Waals surface area contributed by atoms with E-state index in [1.807, 2.05) is 39.4 Å². The Hall–Kier alpha value is -3.33. The summed E-state index contributed by atoms with van der Waals surface area (Å²) < 4.78 is 30.6. The third-order valence-electron chi connectivity index (χ3n) is 13.2. The molecule has 1 amide bonds. The Labute approximate surface area is 474 Å². The van der Waals surface area contributed by atoms with Crippen molar-refractivity contribution in [2.45, 2.75) is 264 Å². The second-order valence-corrected chi connectivity index (χ2v) is 23.3. The quantitative estimate of drug-likeness (QED) is 0.0205. The van der Waals surface area contributed by atoms with Gasteiger partial charge in [0.1, 0.15) is 19.3 Å². The summed E-state index contributed by atoms with van der Waals surface area (Å²) in [4.78, 5) is 37.6. The number of phosphoric ester groups is 1. The summed E-state index contributed by atoms with van der Waals surface area (Å²) in [6.45, 7) is 6.82. The molecular weight excluding hydrogens is 976 g/mol. The predicted molar refractivity (Wildman–Crippen MR) is 332 cm³/mol. The van der Waals surface area contributed by atoms with Crippen molar-refractivity contribution in [1.82, 2.24) is 5.32 Å². The lowest BCUT2D eigenvalue weighted by Crippen LogP contribution is -2.47. The van der Waals surface area contributed by atoms with Gasteiger partial charge in [0.2, 0.25) is 5.91 Å². The fourth-order valence-corrected chi connectivity index (χ4v) is 9.14. The van der Waals surface area contributed by atoms with Crippen LogP contribution in [0.2, 0.25) is 0 Å². The van der Waals surface area contributed by atoms with Crippen LogP contribution < -0.4 is 5.32 Å². The van der Waals surface area contributed by atoms with Crippen LogP contribution in [0.25, 0.3) is 0 Å². The van der Waals surface area contributed by atoms with Crippen molar-refractivity contribution in [2.24, 2.45) is 0 Å². The second kappa shape index (κ2) is 56.0. The van der Waals surface area contributed by atoms with Gasteiger partial charge >= 0.3 is 13.8 Å². The van der Waals surface area contributed by atoms with Crippen molar-refractivity contribution in [1.29, 1.82) is 0 Å². The van der Waals surface area contributed by atoms with Gasteiger partial charge in [-0.2, -0.15) is 0 Å². The maximum Gasteiger partial charge on any atom is 0.472 e. The van der Waals surface area contributed by atoms with Crippen molar-refractivity contribution < 1.29 is 37.3 Å². The number of nitrogens with zero attached hydrogens (tertiary/aromatic N) is 1. The zero-order valence-electron chi connectivity index (χ0n) is 50.4. The molecule has 0 heterocycles. The SMILES string of the molecule is CC/C=C\C/C=C\C/C=C\C/C=C\C/C=C\C/C=C\CCCCCCCCCCC(=O)OC(/C=C\CCCCCCCCCCC)C(COP(=O)(O)OCC[N+](C)(C)C)NC(=O)CC/C=C/C/C=C\CCCCCCCC. The molecule has 0 bridgehead atoms. The number of rotatable bonds is 55. The van der Waals surface area contributed by atoms with Gasteiger partial charge in [-0.3, -0.25) is 18.6 Å². The largest absolute Gasteiger partial charge is 0.472 e. The number of likely N-dealkylation sites (N-methyl/N-ethyl adjacent to an activating group) is 1. The number of phosphoric acid groups is 1. The zero-order chi connectivity index (χ0) is 56.4. The van der Waals surface area contributed by atoms with E-state index in [1.165, 1.54) is 109 Å². The van der Waals surface area contributed by atoms with E-state index in [9.17, 15) is 19.0 Å². The maximum atomic E-state index is 13.5. The first-order chi connectivity index (χ1) is 37.4. The first-order valence-electron chi connectivity index (χ1n) is 31.2. The van der Waals surface area contributed by atoms with Gasteiger partial charge in [-0.25, -0.2) is 4.57 Å². The fraction of sp³-hybridized carbons (Fsp3) is 0.701. The number of carbonyl (C=O) groups is 2. The molecule has 0 aliphatic rings. The van der Waals surface area contributed by atoms with E-state index in [1.54, 1.807) is 0 Å². The molecule has 77 heavy (non-hydrogen) atoms. The summed E-state index contributed by atoms with van der Waals surface area (Å²) in [6, 6.07) is -0.887. The van der Waals surface area contributed by atoms with Gasteiger partial charge in [0.25, 0.3) is 0 Å². The second-order valence-electron chi connectivity index (χ2n) is 21.8. The molecule has 0 saturated heterocycles. The van der Waals surface area contributed by atoms with E-state index >= 15 is 0 Å². The van der Waals surface area contributed by atoms with Crippen LogP contribution in [0.5, 0.6) is 0 Å². The van der Waals surface area contributed by atoms with Crippen LogP contribution in [0, 0.1) is 0 Å². The molecule has 0 saturated carbocycles. The Bertz CT molecular complexity index is 1690. The van der Waals surface area contributed by atoms with Gasteiger partial charge in [-0.1, -0.05) is 246 Å². The lowest BCUT2D eigenvalue weighted by Gasteiger charge is -2.27. The standard InChI is InChI=1S/C67H117N2O7P/c1-7-10-13-16-19-22-25-27-28-29-30-31-32-33-34-35-36-37-38-39-40-42-45-48-51-54-57-60-67(71)76-65(58-55-52-49-46-43-24-21-18-15-12-9-3)64(63-75-77(72,73)74-62-61-69(4,5)6)68-66(70)59-56-53-50-47-44-41-26-23-20-17-14-11-8-2/h10,13,19,22,27-28,30-31,33-34,36-37,41,44,50,53,55,58,64-65H,7-9,11-12,14-18,20-21,23-26,29,32,35,38-40,42-43,45-49,51-52,54,56-57,59-63H2,1-6H3,(H-,68,70,72,73)/p+1/b13-10-,22-19-,28-27-,31-30-,34-33-,37-36-,44-41-,53-50+,58-55-. The van der Waals surface area contributed by atoms with Crippen molar-refractivity contribution in [3.63, 3.8) is 0 Å². The zero-order valence-corrected chi connectivity index (χ0v) is 51.3. The van der Waals surface area contributed by atoms with Gasteiger partial charge in [0, 0.05) is 12.8 Å². The molecule has 0 aromatic rings. The molecule has 0 rings (SSSR count). The Morgan fingerprint density at radius 1 is 0.468 bits per heavy atom. The van der Waals surface area contributed by atoms with Crippen molar-refractivity contribution in [2.75, 3.05) is 40.9 Å². The predicted octanol–water partition coefficient (Wildman–Crippen LogP) is 19.3. The average Bonchev–Trinajstić information content (AvgIpc) is 3.39. The van der Waals surface area contributed by atoms with Gasteiger partial charge < -0.3 is 19.4 Å². The fourth-order valence-electron chi connectivity index (χ4n) is 8.40. The van der Waals surface area contributed by atoms with Gasteiger partial charge in [0.15, 0.2) is 0 Å². The summed E-state index contributed by atoms with van der Waals surface area (Å²) in [7, 11) is 1.45. The molecule has 10 heteroatoms. The maximum absolute atomic E-state index is 13.5. The van der Waals surface area contributed by atoms with E-state index in [-0.39, 0.29) is 37.9 Å². The molecule has 9 nitrogen and oxygen atoms in total. The van der Waals surface area contributed by atoms with Crippen LogP contribution in [0.3, 0.4) is 0 Å². The first-order valence-corrected chi connectivity index (χ1v) is 32.7. The van der Waals surface area contributed by atoms with Crippen LogP contribution in [-0.2, 0) is 27.9 Å². The average molecular weight is 1090 g/mol. The van der Waals surface area contributed by atoms with E-state index in [0.29, 0.717) is 17.4 Å².